The number of aliphatic hydroxyl groups excluding tert-OH is 2. The molecule has 0 atom stereocenters. The Morgan fingerprint density at radius 3 is 1.38 bits per heavy atom. The number of hydrogen-bond acceptors (Lipinski definition) is 8. The number of aliphatic hydroxyl groups is 2. The first-order chi connectivity index (χ1) is 17.2. The predicted octanol–water partition coefficient (Wildman–Crippen LogP) is 2.02. The molecule has 37 heavy (non-hydrogen) atoms. The molecule has 0 saturated carbocycles. The van der Waals surface area contributed by atoms with Crippen LogP contribution in [0.25, 0.3) is 0 Å². The van der Waals surface area contributed by atoms with Crippen molar-refractivity contribution in [3.8, 4) is 0 Å². The third-order valence-electron chi connectivity index (χ3n) is 4.43. The van der Waals surface area contributed by atoms with Gasteiger partial charge in [-0.25, -0.2) is 9.59 Å². The minimum atomic E-state index is -0.552. The standard InChI is InChI=1S/C14H18O4.C8H4Cl2O2.C4H10O2.ClH/c1-3-4-5-10-18-14(16)12-8-6-11(7-9-12)13(15)17-2;9-7(11)5-1-2-6(4-3-5)8(10)12;5-3-1-2-4-6;/h6-9H,3-5,10H2,1-2H3;1-4H;5-6H,1-4H2;1H/p-1. The molecule has 0 aromatic heterocycles. The van der Waals surface area contributed by atoms with E-state index in [1.807, 2.05) is 0 Å². The van der Waals surface area contributed by atoms with Crippen molar-refractivity contribution < 1.29 is 51.3 Å². The number of unbranched alkanes of at least 4 members (excludes halogenated alkanes) is 3. The highest BCUT2D eigenvalue weighted by Crippen LogP contribution is 2.09. The molecule has 0 bridgehead atoms. The summed E-state index contributed by atoms with van der Waals surface area (Å²) in [6, 6.07) is 12.0. The normalized spacial score (nSPS) is 9.35. The first kappa shape index (κ1) is 36.7. The average Bonchev–Trinajstić information content (AvgIpc) is 2.90. The summed E-state index contributed by atoms with van der Waals surface area (Å²) in [5.74, 6) is -0.777. The van der Waals surface area contributed by atoms with E-state index in [-0.39, 0.29) is 31.6 Å². The van der Waals surface area contributed by atoms with Crippen LogP contribution in [0.4, 0.5) is 0 Å². The maximum Gasteiger partial charge on any atom is 0.338 e. The molecule has 0 spiro atoms. The topological polar surface area (TPSA) is 127 Å². The Bertz CT molecular complexity index is 895. The monoisotopic (exact) mass is 577 g/mol. The third-order valence-corrected chi connectivity index (χ3v) is 4.86. The summed E-state index contributed by atoms with van der Waals surface area (Å²) in [6.45, 7) is 2.92. The van der Waals surface area contributed by atoms with Crippen molar-refractivity contribution in [2.75, 3.05) is 26.9 Å². The second-order valence-corrected chi connectivity index (χ2v) is 7.88. The van der Waals surface area contributed by atoms with Crippen molar-refractivity contribution in [1.82, 2.24) is 0 Å². The van der Waals surface area contributed by atoms with Crippen LogP contribution in [0.3, 0.4) is 0 Å². The van der Waals surface area contributed by atoms with E-state index in [1.54, 1.807) is 24.3 Å². The molecule has 206 valence electrons. The van der Waals surface area contributed by atoms with Crippen LogP contribution in [-0.2, 0) is 9.47 Å². The quantitative estimate of drug-likeness (QED) is 0.236. The van der Waals surface area contributed by atoms with Crippen LogP contribution in [0.5, 0.6) is 0 Å². The fourth-order valence-electron chi connectivity index (χ4n) is 2.42. The van der Waals surface area contributed by atoms with Gasteiger partial charge < -0.3 is 32.1 Å². The van der Waals surface area contributed by atoms with Crippen molar-refractivity contribution in [3.63, 3.8) is 0 Å². The molecule has 0 saturated heterocycles. The number of benzene rings is 2. The molecule has 0 fully saturated rings. The molecule has 11 heteroatoms. The molecule has 0 radical (unpaired) electrons. The lowest BCUT2D eigenvalue weighted by atomic mass is 10.1. The summed E-state index contributed by atoms with van der Waals surface area (Å²) >= 11 is 10.4. The summed E-state index contributed by atoms with van der Waals surface area (Å²) in [6.07, 6.45) is 4.45. The molecular weight excluding hydrogens is 547 g/mol. The molecule has 2 rings (SSSR count). The van der Waals surface area contributed by atoms with Crippen LogP contribution in [0.15, 0.2) is 48.5 Å². The van der Waals surface area contributed by atoms with Crippen molar-refractivity contribution in [2.45, 2.75) is 39.0 Å². The van der Waals surface area contributed by atoms with Crippen LogP contribution in [0, 0.1) is 0 Å². The van der Waals surface area contributed by atoms with Crippen molar-refractivity contribution in [2.24, 2.45) is 0 Å². The molecule has 0 aliphatic heterocycles. The SMILES string of the molecule is CCCCCOC(=O)c1ccc(C(=O)OC)cc1.O=C(Cl)c1ccc(C(=O)Cl)cc1.OCCCCO.[Cl-]. The van der Waals surface area contributed by atoms with Gasteiger partial charge in [0.25, 0.3) is 10.5 Å². The average molecular weight is 579 g/mol. The van der Waals surface area contributed by atoms with E-state index in [0.717, 1.165) is 32.1 Å². The first-order valence-electron chi connectivity index (χ1n) is 11.3. The van der Waals surface area contributed by atoms with Crippen LogP contribution in [0.2, 0.25) is 0 Å². The van der Waals surface area contributed by atoms with E-state index in [0.29, 0.717) is 28.9 Å². The summed E-state index contributed by atoms with van der Waals surface area (Å²) in [5, 5.41) is 15.1. The third kappa shape index (κ3) is 16.8. The number of ether oxygens (including phenoxy) is 2. The van der Waals surface area contributed by atoms with Gasteiger partial charge in [0, 0.05) is 24.3 Å². The van der Waals surface area contributed by atoms with Gasteiger partial charge in [-0.3, -0.25) is 9.59 Å². The summed E-state index contributed by atoms with van der Waals surface area (Å²) in [4.78, 5) is 44.0. The number of halogens is 3. The molecule has 0 amide bonds. The second kappa shape index (κ2) is 22.7. The van der Waals surface area contributed by atoms with E-state index in [9.17, 15) is 19.2 Å². The highest BCUT2D eigenvalue weighted by Gasteiger charge is 2.09. The number of esters is 2. The maximum atomic E-state index is 11.6. The Balaban J connectivity index is 0. The van der Waals surface area contributed by atoms with Gasteiger partial charge in [-0.15, -0.1) is 0 Å². The highest BCUT2D eigenvalue weighted by atomic mass is 35.5. The lowest BCUT2D eigenvalue weighted by molar-refractivity contribution is -0.0000540. The number of methoxy groups -OCH3 is 1. The summed E-state index contributed by atoms with van der Waals surface area (Å²) in [7, 11) is 1.32. The zero-order valence-corrected chi connectivity index (χ0v) is 23.0. The highest BCUT2D eigenvalue weighted by molar-refractivity contribution is 6.68. The molecule has 8 nitrogen and oxygen atoms in total. The van der Waals surface area contributed by atoms with Crippen LogP contribution >= 0.6 is 23.2 Å². The van der Waals surface area contributed by atoms with Gasteiger partial charge in [0.2, 0.25) is 0 Å². The fraction of sp³-hybridized carbons (Fsp3) is 0.385. The van der Waals surface area contributed by atoms with E-state index in [1.165, 1.54) is 31.4 Å². The Morgan fingerprint density at radius 1 is 0.676 bits per heavy atom. The smallest absolute Gasteiger partial charge is 0.338 e. The van der Waals surface area contributed by atoms with Gasteiger partial charge >= 0.3 is 11.9 Å². The molecule has 0 aliphatic carbocycles. The Morgan fingerprint density at radius 2 is 1.05 bits per heavy atom. The zero-order chi connectivity index (χ0) is 27.3. The second-order valence-electron chi connectivity index (χ2n) is 7.19. The molecule has 2 aromatic rings. The van der Waals surface area contributed by atoms with Gasteiger partial charge in [-0.05, 0) is 91.0 Å². The summed E-state index contributed by atoms with van der Waals surface area (Å²) in [5.41, 5.74) is 1.55. The van der Waals surface area contributed by atoms with Gasteiger partial charge in [0.05, 0.1) is 24.8 Å². The van der Waals surface area contributed by atoms with Crippen LogP contribution in [0.1, 0.15) is 80.5 Å². The molecule has 2 aromatic carbocycles. The number of carbonyl (C=O) groups is 4. The predicted molar refractivity (Wildman–Crippen MR) is 138 cm³/mol. The largest absolute Gasteiger partial charge is 1.00 e. The van der Waals surface area contributed by atoms with Crippen molar-refractivity contribution in [1.29, 1.82) is 0 Å². The van der Waals surface area contributed by atoms with Gasteiger partial charge in [0.15, 0.2) is 0 Å². The molecule has 0 heterocycles. The van der Waals surface area contributed by atoms with Crippen LogP contribution < -0.4 is 12.4 Å². The van der Waals surface area contributed by atoms with E-state index in [4.69, 9.17) is 38.2 Å². The molecular formula is C26H32Cl3O8-. The van der Waals surface area contributed by atoms with E-state index >= 15 is 0 Å². The number of carbonyl (C=O) groups excluding carboxylic acids is 4. The lowest BCUT2D eigenvalue weighted by Crippen LogP contribution is -3.00. The van der Waals surface area contributed by atoms with Crippen molar-refractivity contribution >= 4 is 45.6 Å². The number of hydrogen-bond donors (Lipinski definition) is 2. The fourth-order valence-corrected chi connectivity index (χ4v) is 2.67. The minimum absolute atomic E-state index is 0. The molecule has 0 unspecified atom stereocenters. The van der Waals surface area contributed by atoms with Gasteiger partial charge in [-0.2, -0.15) is 0 Å². The minimum Gasteiger partial charge on any atom is -1.00 e. The molecule has 2 N–H and O–H groups in total. The first-order valence-corrected chi connectivity index (χ1v) is 12.0. The Hall–Kier alpha value is -2.49. The number of rotatable bonds is 11. The van der Waals surface area contributed by atoms with E-state index in [2.05, 4.69) is 11.7 Å². The van der Waals surface area contributed by atoms with Crippen molar-refractivity contribution in [3.05, 3.63) is 70.8 Å². The molecule has 0 aliphatic rings. The lowest BCUT2D eigenvalue weighted by Gasteiger charge is -2.05. The zero-order valence-electron chi connectivity index (χ0n) is 20.8. The Labute approximate surface area is 233 Å². The van der Waals surface area contributed by atoms with Crippen LogP contribution in [-0.4, -0.2) is 59.6 Å². The summed E-state index contributed by atoms with van der Waals surface area (Å²) < 4.78 is 9.67. The van der Waals surface area contributed by atoms with Gasteiger partial charge in [0.1, 0.15) is 0 Å². The van der Waals surface area contributed by atoms with E-state index < -0.39 is 16.5 Å². The maximum absolute atomic E-state index is 11.6. The van der Waals surface area contributed by atoms with Gasteiger partial charge in [-0.1, -0.05) is 19.8 Å². The Kier molecular flexibility index (Phi) is 22.5.